The Bertz CT molecular complexity index is 998. The third-order valence-electron chi connectivity index (χ3n) is 4.83. The van der Waals surface area contributed by atoms with Crippen LogP contribution in [0, 0.1) is 6.92 Å². The zero-order valence-electron chi connectivity index (χ0n) is 16.7. The number of aromatic nitrogens is 4. The van der Waals surface area contributed by atoms with Crippen molar-refractivity contribution in [3.8, 4) is 17.0 Å². The first-order valence-electron chi connectivity index (χ1n) is 9.30. The number of aryl methyl sites for hydroxylation is 1. The molecule has 28 heavy (non-hydrogen) atoms. The fourth-order valence-electron chi connectivity index (χ4n) is 3.40. The molecule has 1 aliphatic heterocycles. The highest BCUT2D eigenvalue weighted by atomic mass is 16.5. The van der Waals surface area contributed by atoms with Gasteiger partial charge in [0.25, 0.3) is 0 Å². The lowest BCUT2D eigenvalue weighted by molar-refractivity contribution is 0.259. The molecule has 0 atom stereocenters. The van der Waals surface area contributed by atoms with E-state index in [0.717, 1.165) is 53.8 Å². The van der Waals surface area contributed by atoms with Crippen molar-refractivity contribution in [2.75, 3.05) is 38.4 Å². The van der Waals surface area contributed by atoms with E-state index in [9.17, 15) is 0 Å². The van der Waals surface area contributed by atoms with E-state index in [-0.39, 0.29) is 0 Å². The van der Waals surface area contributed by atoms with Crippen molar-refractivity contribution in [3.63, 3.8) is 0 Å². The number of nitrogens with zero attached hydrogens (tertiary/aromatic N) is 5. The minimum absolute atomic E-state index is 0.547. The lowest BCUT2D eigenvalue weighted by atomic mass is 10.1. The average molecular weight is 379 g/mol. The number of anilines is 3. The quantitative estimate of drug-likeness (QED) is 0.705. The van der Waals surface area contributed by atoms with Gasteiger partial charge >= 0.3 is 0 Å². The van der Waals surface area contributed by atoms with Gasteiger partial charge < -0.3 is 15.4 Å². The van der Waals surface area contributed by atoms with Gasteiger partial charge in [-0.25, -0.2) is 4.98 Å². The van der Waals surface area contributed by atoms with Gasteiger partial charge in [0, 0.05) is 43.1 Å². The molecule has 0 radical (unpaired) electrons. The van der Waals surface area contributed by atoms with E-state index >= 15 is 0 Å². The Hall–Kier alpha value is -3.13. The summed E-state index contributed by atoms with van der Waals surface area (Å²) in [6.07, 6.45) is 0. The van der Waals surface area contributed by atoms with E-state index in [2.05, 4.69) is 43.3 Å². The first kappa shape index (κ1) is 18.2. The zero-order valence-corrected chi connectivity index (χ0v) is 16.7. The zero-order chi connectivity index (χ0) is 19.7. The summed E-state index contributed by atoms with van der Waals surface area (Å²) in [7, 11) is 5.65. The molecule has 0 unspecified atom stereocenters. The summed E-state index contributed by atoms with van der Waals surface area (Å²) < 4.78 is 7.67. The molecular weight excluding hydrogens is 354 g/mol. The number of hydrogen-bond acceptors (Lipinski definition) is 7. The summed E-state index contributed by atoms with van der Waals surface area (Å²) >= 11 is 0. The third kappa shape index (κ3) is 3.63. The maximum atomic E-state index is 5.59. The van der Waals surface area contributed by atoms with Gasteiger partial charge in [0.15, 0.2) is 0 Å². The lowest BCUT2D eigenvalue weighted by Crippen LogP contribution is -2.30. The van der Waals surface area contributed by atoms with Crippen LogP contribution in [0.5, 0.6) is 5.75 Å². The average Bonchev–Trinajstić information content (AvgIpc) is 3.10. The second-order valence-electron chi connectivity index (χ2n) is 6.99. The van der Waals surface area contributed by atoms with Gasteiger partial charge in [0.2, 0.25) is 5.95 Å². The van der Waals surface area contributed by atoms with Gasteiger partial charge in [-0.2, -0.15) is 10.1 Å². The predicted molar refractivity (Wildman–Crippen MR) is 110 cm³/mol. The highest BCUT2D eigenvalue weighted by Crippen LogP contribution is 2.33. The highest BCUT2D eigenvalue weighted by molar-refractivity contribution is 5.73. The molecule has 0 spiro atoms. The maximum Gasteiger partial charge on any atom is 0.229 e. The van der Waals surface area contributed by atoms with Crippen LogP contribution in [0.4, 0.5) is 17.5 Å². The largest absolute Gasteiger partial charge is 0.496 e. The Morgan fingerprint density at radius 3 is 2.75 bits per heavy atom. The standard InChI is InChI=1S/C20H25N7O/c1-13-9-19(21-2)24-20(22-13)23-14-5-6-18(28-4)16(10-14)17-11-15-12-26(3)7-8-27(15)25-17/h5-6,9-11H,7-8,12H2,1-4H3,(H2,21,22,23,24). The fourth-order valence-corrected chi connectivity index (χ4v) is 3.40. The van der Waals surface area contributed by atoms with E-state index in [1.807, 2.05) is 38.2 Å². The molecule has 0 amide bonds. The van der Waals surface area contributed by atoms with Crippen LogP contribution in [0.1, 0.15) is 11.4 Å². The minimum atomic E-state index is 0.547. The highest BCUT2D eigenvalue weighted by Gasteiger charge is 2.18. The normalized spacial score (nSPS) is 13.9. The SMILES string of the molecule is CNc1cc(C)nc(Nc2ccc(OC)c(-c3cc4n(n3)CCN(C)C4)c2)n1. The smallest absolute Gasteiger partial charge is 0.229 e. The molecule has 3 heterocycles. The molecule has 0 bridgehead atoms. The minimum Gasteiger partial charge on any atom is -0.496 e. The van der Waals surface area contributed by atoms with Crippen molar-refractivity contribution in [1.29, 1.82) is 0 Å². The first-order chi connectivity index (χ1) is 13.6. The molecule has 0 aliphatic carbocycles. The molecule has 2 aromatic heterocycles. The van der Waals surface area contributed by atoms with E-state index in [0.29, 0.717) is 5.95 Å². The van der Waals surface area contributed by atoms with Crippen LogP contribution in [0.3, 0.4) is 0 Å². The van der Waals surface area contributed by atoms with Crippen molar-refractivity contribution in [3.05, 3.63) is 41.7 Å². The number of nitrogens with one attached hydrogen (secondary N) is 2. The van der Waals surface area contributed by atoms with Crippen LogP contribution in [0.15, 0.2) is 30.3 Å². The fraction of sp³-hybridized carbons (Fsp3) is 0.350. The molecule has 8 nitrogen and oxygen atoms in total. The van der Waals surface area contributed by atoms with Crippen molar-refractivity contribution < 1.29 is 4.74 Å². The van der Waals surface area contributed by atoms with Crippen LogP contribution >= 0.6 is 0 Å². The van der Waals surface area contributed by atoms with Crippen molar-refractivity contribution in [2.24, 2.45) is 0 Å². The number of ether oxygens (including phenoxy) is 1. The summed E-state index contributed by atoms with van der Waals surface area (Å²) in [5, 5.41) is 11.1. The molecule has 8 heteroatoms. The van der Waals surface area contributed by atoms with Gasteiger partial charge in [0.05, 0.1) is 25.0 Å². The van der Waals surface area contributed by atoms with Gasteiger partial charge in [-0.1, -0.05) is 0 Å². The second kappa shape index (κ2) is 7.47. The summed E-state index contributed by atoms with van der Waals surface area (Å²) in [5.41, 5.74) is 4.84. The predicted octanol–water partition coefficient (Wildman–Crippen LogP) is 2.89. The number of likely N-dealkylation sites (N-methyl/N-ethyl adjacent to an activating group) is 1. The van der Waals surface area contributed by atoms with E-state index in [1.54, 1.807) is 7.11 Å². The molecule has 1 aromatic carbocycles. The Balaban J connectivity index is 1.68. The number of hydrogen-bond donors (Lipinski definition) is 2. The molecule has 0 saturated heterocycles. The van der Waals surface area contributed by atoms with Crippen molar-refractivity contribution in [1.82, 2.24) is 24.6 Å². The monoisotopic (exact) mass is 379 g/mol. The molecule has 3 aromatic rings. The van der Waals surface area contributed by atoms with Crippen LogP contribution in [-0.4, -0.2) is 52.4 Å². The number of fused-ring (bicyclic) bond motifs is 1. The first-order valence-corrected chi connectivity index (χ1v) is 9.30. The van der Waals surface area contributed by atoms with Gasteiger partial charge in [-0.15, -0.1) is 0 Å². The summed E-state index contributed by atoms with van der Waals surface area (Å²) in [6.45, 7) is 4.75. The van der Waals surface area contributed by atoms with Crippen molar-refractivity contribution >= 4 is 17.5 Å². The van der Waals surface area contributed by atoms with Crippen LogP contribution in [-0.2, 0) is 13.1 Å². The molecule has 0 fully saturated rings. The Labute approximate surface area is 164 Å². The van der Waals surface area contributed by atoms with Crippen LogP contribution in [0.2, 0.25) is 0 Å². The number of benzene rings is 1. The van der Waals surface area contributed by atoms with E-state index < -0.39 is 0 Å². The Kier molecular flexibility index (Phi) is 4.87. The topological polar surface area (TPSA) is 80.1 Å². The van der Waals surface area contributed by atoms with E-state index in [4.69, 9.17) is 9.84 Å². The maximum absolute atomic E-state index is 5.59. The van der Waals surface area contributed by atoms with Gasteiger partial charge in [-0.05, 0) is 38.2 Å². The Morgan fingerprint density at radius 1 is 1.11 bits per heavy atom. The molecule has 2 N–H and O–H groups in total. The lowest BCUT2D eigenvalue weighted by Gasteiger charge is -2.22. The summed E-state index contributed by atoms with van der Waals surface area (Å²) in [6, 6.07) is 9.96. The molecular formula is C20H25N7O. The molecule has 0 saturated carbocycles. The Morgan fingerprint density at radius 2 is 1.96 bits per heavy atom. The van der Waals surface area contributed by atoms with Gasteiger partial charge in [0.1, 0.15) is 11.6 Å². The second-order valence-corrected chi connectivity index (χ2v) is 6.99. The van der Waals surface area contributed by atoms with Gasteiger partial charge in [-0.3, -0.25) is 9.58 Å². The molecule has 1 aliphatic rings. The van der Waals surface area contributed by atoms with Crippen LogP contribution in [0.25, 0.3) is 11.3 Å². The van der Waals surface area contributed by atoms with E-state index in [1.165, 1.54) is 5.69 Å². The number of rotatable bonds is 5. The summed E-state index contributed by atoms with van der Waals surface area (Å²) in [4.78, 5) is 11.2. The molecule has 146 valence electrons. The third-order valence-corrected chi connectivity index (χ3v) is 4.83. The summed E-state index contributed by atoms with van der Waals surface area (Å²) in [5.74, 6) is 2.11. The van der Waals surface area contributed by atoms with Crippen molar-refractivity contribution in [2.45, 2.75) is 20.0 Å². The number of methoxy groups -OCH3 is 1. The van der Waals surface area contributed by atoms with Crippen LogP contribution < -0.4 is 15.4 Å². The molecule has 4 rings (SSSR count).